The third-order valence-electron chi connectivity index (χ3n) is 6.84. The fourth-order valence-electron chi connectivity index (χ4n) is 5.13. The Morgan fingerprint density at radius 3 is 2.24 bits per heavy atom. The summed E-state index contributed by atoms with van der Waals surface area (Å²) < 4.78 is 60.8. The van der Waals surface area contributed by atoms with Crippen LogP contribution >= 0.6 is 11.3 Å². The summed E-state index contributed by atoms with van der Waals surface area (Å²) in [4.78, 5) is 9.64. The minimum atomic E-state index is -0.384. The quantitative estimate of drug-likeness (QED) is 0.223. The third-order valence-corrected chi connectivity index (χ3v) is 7.96. The van der Waals surface area contributed by atoms with Crippen LogP contribution in [-0.4, -0.2) is 9.97 Å². The maximum atomic E-state index is 8.99. The molecule has 0 radical (unpaired) electrons. The van der Waals surface area contributed by atoms with Gasteiger partial charge in [0.05, 0.1) is 26.3 Å². The summed E-state index contributed by atoms with van der Waals surface area (Å²) in [5.41, 5.74) is 4.40. The highest BCUT2D eigenvalue weighted by Crippen LogP contribution is 2.43. The van der Waals surface area contributed by atoms with Gasteiger partial charge in [-0.2, -0.15) is 0 Å². The molecule has 8 aromatic rings. The molecular weight excluding hydrogens is 468 g/mol. The van der Waals surface area contributed by atoms with Crippen molar-refractivity contribution in [2.75, 3.05) is 0 Å². The molecule has 0 amide bonds. The van der Waals surface area contributed by atoms with E-state index in [1.54, 1.807) is 6.20 Å². The molecule has 0 saturated heterocycles. The highest BCUT2D eigenvalue weighted by atomic mass is 32.1. The summed E-state index contributed by atoms with van der Waals surface area (Å²) in [5, 5.41) is 4.21. The number of benzene rings is 5. The second-order valence-corrected chi connectivity index (χ2v) is 9.90. The predicted octanol–water partition coefficient (Wildman–Crippen LogP) is 9.64. The van der Waals surface area contributed by atoms with E-state index in [2.05, 4.69) is 4.98 Å². The van der Waals surface area contributed by atoms with Crippen LogP contribution in [0.25, 0.3) is 75.1 Å². The van der Waals surface area contributed by atoms with Gasteiger partial charge in [0.2, 0.25) is 0 Å². The van der Waals surface area contributed by atoms with Crippen LogP contribution in [0, 0.1) is 0 Å². The number of hydrogen-bond donors (Lipinski definition) is 0. The van der Waals surface area contributed by atoms with E-state index >= 15 is 0 Å². The normalized spacial score (nSPS) is 14.4. The Bertz CT molecular complexity index is 2540. The van der Waals surface area contributed by atoms with Gasteiger partial charge in [0.1, 0.15) is 0 Å². The Kier molecular flexibility index (Phi) is 3.19. The fraction of sp³-hybridized carbons (Fsp3) is 0. The maximum Gasteiger partial charge on any atom is 0.0972 e. The van der Waals surface area contributed by atoms with E-state index in [-0.39, 0.29) is 53.1 Å². The minimum Gasteiger partial charge on any atom is -0.254 e. The highest BCUT2D eigenvalue weighted by Gasteiger charge is 2.15. The second-order valence-electron chi connectivity index (χ2n) is 8.88. The largest absolute Gasteiger partial charge is 0.254 e. The van der Waals surface area contributed by atoms with E-state index < -0.39 is 0 Å². The van der Waals surface area contributed by atoms with Crippen LogP contribution in [0.5, 0.6) is 0 Å². The molecule has 0 bridgehead atoms. The molecule has 37 heavy (non-hydrogen) atoms. The van der Waals surface area contributed by atoms with Crippen LogP contribution in [0.1, 0.15) is 9.60 Å². The summed E-state index contributed by atoms with van der Waals surface area (Å²) in [6, 6.07) is 21.9. The molecule has 0 atom stereocenters. The molecule has 0 N–H and O–H groups in total. The fourth-order valence-corrected chi connectivity index (χ4v) is 6.21. The highest BCUT2D eigenvalue weighted by molar-refractivity contribution is 7.26. The van der Waals surface area contributed by atoms with E-state index in [4.69, 9.17) is 14.6 Å². The molecule has 3 heterocycles. The van der Waals surface area contributed by atoms with Crippen LogP contribution in [0.4, 0.5) is 0 Å². The van der Waals surface area contributed by atoms with Crippen LogP contribution < -0.4 is 0 Å². The molecule has 0 unspecified atom stereocenters. The van der Waals surface area contributed by atoms with Crippen molar-refractivity contribution in [2.24, 2.45) is 0 Å². The smallest absolute Gasteiger partial charge is 0.0972 e. The molecule has 172 valence electrons. The minimum absolute atomic E-state index is 0.122. The van der Waals surface area contributed by atoms with Crippen LogP contribution in [0.2, 0.25) is 0 Å². The molecule has 0 spiro atoms. The average molecular weight is 496 g/mol. The van der Waals surface area contributed by atoms with Gasteiger partial charge in [0.15, 0.2) is 0 Å². The van der Waals surface area contributed by atoms with Gasteiger partial charge < -0.3 is 0 Å². The molecule has 2 nitrogen and oxygen atoms in total. The van der Waals surface area contributed by atoms with Crippen molar-refractivity contribution in [2.45, 2.75) is 0 Å². The van der Waals surface area contributed by atoms with Gasteiger partial charge >= 0.3 is 0 Å². The predicted molar refractivity (Wildman–Crippen MR) is 158 cm³/mol. The number of rotatable bonds is 2. The van der Waals surface area contributed by atoms with E-state index in [1.807, 2.05) is 72.8 Å². The molecule has 0 aliphatic rings. The van der Waals surface area contributed by atoms with Crippen LogP contribution in [0.3, 0.4) is 0 Å². The van der Waals surface area contributed by atoms with Crippen molar-refractivity contribution in [3.05, 3.63) is 121 Å². The van der Waals surface area contributed by atoms with Gasteiger partial charge in [-0.25, -0.2) is 4.98 Å². The summed E-state index contributed by atoms with van der Waals surface area (Å²) in [5.74, 6) is 0. The monoisotopic (exact) mass is 495 g/mol. The second kappa shape index (κ2) is 7.95. The summed E-state index contributed by atoms with van der Waals surface area (Å²) in [7, 11) is 0. The molecule has 0 saturated carbocycles. The van der Waals surface area contributed by atoms with Gasteiger partial charge in [-0.3, -0.25) is 4.98 Å². The van der Waals surface area contributed by atoms with Gasteiger partial charge in [0.25, 0.3) is 0 Å². The van der Waals surface area contributed by atoms with E-state index in [9.17, 15) is 0 Å². The number of thiophene rings is 1. The maximum absolute atomic E-state index is 8.99. The van der Waals surface area contributed by atoms with Gasteiger partial charge in [-0.1, -0.05) is 96.9 Å². The van der Waals surface area contributed by atoms with Crippen molar-refractivity contribution < 1.29 is 9.60 Å². The molecule has 0 aliphatic carbocycles. The van der Waals surface area contributed by atoms with Gasteiger partial charge in [0, 0.05) is 48.3 Å². The van der Waals surface area contributed by atoms with Crippen molar-refractivity contribution in [1.82, 2.24) is 9.97 Å². The zero-order valence-corrected chi connectivity index (χ0v) is 20.1. The van der Waals surface area contributed by atoms with E-state index in [1.165, 1.54) is 0 Å². The average Bonchev–Trinajstić information content (AvgIpc) is 3.46. The SMILES string of the molecule is [2H]c1c([2H])c([2H])c2c(sc3c(-c4ccc(-c5ccc6ccc7cccnc7c6n5)c5ccccc45)c([2H])c([2H])c([2H])c32)c1[2H]. The van der Waals surface area contributed by atoms with Crippen molar-refractivity contribution in [3.63, 3.8) is 0 Å². The molecule has 3 aromatic heterocycles. The summed E-state index contributed by atoms with van der Waals surface area (Å²) in [6.45, 7) is 0. The van der Waals surface area contributed by atoms with Gasteiger partial charge in [-0.15, -0.1) is 11.3 Å². The van der Waals surface area contributed by atoms with Gasteiger partial charge in [-0.05, 0) is 34.5 Å². The number of aromatic nitrogens is 2. The first-order chi connectivity index (χ1) is 21.3. The Balaban J connectivity index is 1.44. The Morgan fingerprint density at radius 2 is 1.32 bits per heavy atom. The standard InChI is InChI=1S/C34H20N2S/c1-2-9-24-23(8-1)25(28-11-5-12-29-27-10-3-4-13-31(27)37-34(28)29)17-18-26(24)30-19-16-22-15-14-21-7-6-20-35-32(21)33(22)36-30/h1-20H/i3D,4D,5D,10D,11D,12D,13D. The summed E-state index contributed by atoms with van der Waals surface area (Å²) >= 11 is 1.14. The Morgan fingerprint density at radius 1 is 0.568 bits per heavy atom. The van der Waals surface area contributed by atoms with Crippen LogP contribution in [0.15, 0.2) is 121 Å². The number of nitrogens with zero attached hydrogens (tertiary/aromatic N) is 2. The summed E-state index contributed by atoms with van der Waals surface area (Å²) in [6.07, 6.45) is 1.76. The number of fused-ring (bicyclic) bond motifs is 7. The van der Waals surface area contributed by atoms with Crippen LogP contribution in [-0.2, 0) is 0 Å². The number of hydrogen-bond acceptors (Lipinski definition) is 3. The first kappa shape index (κ1) is 14.8. The van der Waals surface area contributed by atoms with Crippen molar-refractivity contribution >= 4 is 64.1 Å². The number of pyridine rings is 2. The van der Waals surface area contributed by atoms with E-state index in [0.717, 1.165) is 55.2 Å². The molecule has 0 aliphatic heterocycles. The lowest BCUT2D eigenvalue weighted by Gasteiger charge is -2.13. The molecular formula is C34H20N2S. The zero-order chi connectivity index (χ0) is 30.4. The topological polar surface area (TPSA) is 25.8 Å². The Labute approximate surface area is 227 Å². The molecule has 0 fully saturated rings. The first-order valence-electron chi connectivity index (χ1n) is 15.4. The lowest BCUT2D eigenvalue weighted by atomic mass is 9.93. The lowest BCUT2D eigenvalue weighted by Crippen LogP contribution is -1.91. The first-order valence-corrected chi connectivity index (χ1v) is 12.7. The lowest BCUT2D eigenvalue weighted by molar-refractivity contribution is 1.37. The third kappa shape index (κ3) is 3.11. The van der Waals surface area contributed by atoms with Crippen molar-refractivity contribution in [1.29, 1.82) is 0 Å². The molecule has 8 rings (SSSR count). The Hall–Kier alpha value is -4.60. The van der Waals surface area contributed by atoms with Crippen molar-refractivity contribution in [3.8, 4) is 22.4 Å². The molecule has 5 aromatic carbocycles. The van der Waals surface area contributed by atoms with E-state index in [0.29, 0.717) is 20.5 Å². The molecule has 3 heteroatoms. The zero-order valence-electron chi connectivity index (χ0n) is 26.3.